The Morgan fingerprint density at radius 1 is 1.22 bits per heavy atom. The lowest BCUT2D eigenvalue weighted by Gasteiger charge is -2.35. The van der Waals surface area contributed by atoms with Crippen molar-refractivity contribution in [2.45, 2.75) is 44.9 Å². The molecule has 1 radical (unpaired) electrons. The van der Waals surface area contributed by atoms with E-state index in [-0.39, 0.29) is 0 Å². The molecular weight excluding hydrogens is 124 g/mol. The topological polar surface area (TPSA) is 0 Å². The van der Waals surface area contributed by atoms with Crippen LogP contribution in [0.25, 0.3) is 0 Å². The normalized spacial score (nSPS) is 14.0. The summed E-state index contributed by atoms with van der Waals surface area (Å²) in [6, 6.07) is 1.15. The molecule has 0 heterocycles. The van der Waals surface area contributed by atoms with Crippen LogP contribution in [0.5, 0.6) is 0 Å². The summed E-state index contributed by atoms with van der Waals surface area (Å²) in [6.07, 6.45) is 0. The van der Waals surface area contributed by atoms with E-state index in [1.54, 1.807) is 0 Å². The van der Waals surface area contributed by atoms with E-state index in [4.69, 9.17) is 0 Å². The monoisotopic (exact) mass is 143 g/mol. The molecule has 0 aliphatic carbocycles. The van der Waals surface area contributed by atoms with Crippen LogP contribution >= 0.6 is 0 Å². The highest BCUT2D eigenvalue weighted by Gasteiger charge is 2.32. The van der Waals surface area contributed by atoms with Crippen molar-refractivity contribution < 1.29 is 0 Å². The molecule has 0 nitrogen and oxygen atoms in total. The summed E-state index contributed by atoms with van der Waals surface area (Å²) in [7, 11) is -0.990. The van der Waals surface area contributed by atoms with Crippen LogP contribution in [0.1, 0.15) is 20.8 Å². The van der Waals surface area contributed by atoms with E-state index in [9.17, 15) is 0 Å². The fourth-order valence-electron chi connectivity index (χ4n) is 0.375. The average molecular weight is 143 g/mol. The molecule has 0 aromatic rings. The molecule has 0 rings (SSSR count). The van der Waals surface area contributed by atoms with Gasteiger partial charge in [0.15, 0.2) is 0 Å². The number of rotatable bonds is 1. The van der Waals surface area contributed by atoms with E-state index < -0.39 is 8.07 Å². The standard InChI is InChI=1S/C8H19Si/c1-7-9(5,6)8(2,3)4/h1,7H2,2-6H3. The van der Waals surface area contributed by atoms with Crippen LogP contribution in [-0.2, 0) is 0 Å². The summed E-state index contributed by atoms with van der Waals surface area (Å²) >= 11 is 0. The van der Waals surface area contributed by atoms with Crippen molar-refractivity contribution in [1.29, 1.82) is 0 Å². The summed E-state index contributed by atoms with van der Waals surface area (Å²) in [5, 5.41) is 0.523. The molecule has 55 valence electrons. The maximum absolute atomic E-state index is 3.99. The zero-order chi connectivity index (χ0) is 7.71. The maximum Gasteiger partial charge on any atom is 0.0527 e. The third-order valence-corrected chi connectivity index (χ3v) is 7.97. The molecule has 0 spiro atoms. The smallest absolute Gasteiger partial charge is 0.0527 e. The second kappa shape index (κ2) is 2.45. The minimum Gasteiger partial charge on any atom is -0.0690 e. The van der Waals surface area contributed by atoms with Gasteiger partial charge in [-0.05, 0) is 5.04 Å². The van der Waals surface area contributed by atoms with Gasteiger partial charge in [-0.2, -0.15) is 0 Å². The van der Waals surface area contributed by atoms with Gasteiger partial charge in [-0.25, -0.2) is 0 Å². The zero-order valence-electron chi connectivity index (χ0n) is 7.41. The van der Waals surface area contributed by atoms with Crippen LogP contribution in [0, 0.1) is 6.92 Å². The second-order valence-corrected chi connectivity index (χ2v) is 10.2. The van der Waals surface area contributed by atoms with Crippen molar-refractivity contribution in [3.63, 3.8) is 0 Å². The van der Waals surface area contributed by atoms with Gasteiger partial charge in [0.1, 0.15) is 0 Å². The first-order valence-corrected chi connectivity index (χ1v) is 6.81. The van der Waals surface area contributed by atoms with Crippen molar-refractivity contribution in [2.75, 3.05) is 0 Å². The molecule has 0 atom stereocenters. The predicted molar refractivity (Wildman–Crippen MR) is 47.4 cm³/mol. The third-order valence-electron chi connectivity index (χ3n) is 2.66. The average Bonchev–Trinajstić information content (AvgIpc) is 1.64. The maximum atomic E-state index is 3.99. The molecule has 9 heavy (non-hydrogen) atoms. The molecule has 0 saturated carbocycles. The van der Waals surface area contributed by atoms with Gasteiger partial charge in [-0.15, -0.1) is 0 Å². The van der Waals surface area contributed by atoms with Crippen LogP contribution in [0.2, 0.25) is 24.2 Å². The van der Waals surface area contributed by atoms with Crippen molar-refractivity contribution in [3.05, 3.63) is 6.92 Å². The van der Waals surface area contributed by atoms with E-state index in [1.165, 1.54) is 0 Å². The van der Waals surface area contributed by atoms with Crippen LogP contribution in [0.4, 0.5) is 0 Å². The molecule has 1 heteroatoms. The Bertz CT molecular complexity index is 87.2. The molecule has 0 amide bonds. The summed E-state index contributed by atoms with van der Waals surface area (Å²) in [4.78, 5) is 0. The summed E-state index contributed by atoms with van der Waals surface area (Å²) in [5.41, 5.74) is 0. The quantitative estimate of drug-likeness (QED) is 0.494. The first kappa shape index (κ1) is 9.22. The molecule has 0 bridgehead atoms. The van der Waals surface area contributed by atoms with Gasteiger partial charge < -0.3 is 0 Å². The molecule has 0 aromatic heterocycles. The third kappa shape index (κ3) is 2.13. The number of hydrogen-bond donors (Lipinski definition) is 0. The zero-order valence-corrected chi connectivity index (χ0v) is 8.41. The van der Waals surface area contributed by atoms with E-state index >= 15 is 0 Å². The fourth-order valence-corrected chi connectivity index (χ4v) is 1.12. The fraction of sp³-hybridized carbons (Fsp3) is 0.875. The Hall–Kier alpha value is 0.217. The van der Waals surface area contributed by atoms with Gasteiger partial charge in [-0.1, -0.05) is 46.8 Å². The molecule has 0 N–H and O–H groups in total. The van der Waals surface area contributed by atoms with Crippen LogP contribution < -0.4 is 0 Å². The van der Waals surface area contributed by atoms with Gasteiger partial charge in [0.25, 0.3) is 0 Å². The minimum absolute atomic E-state index is 0.523. The van der Waals surface area contributed by atoms with Gasteiger partial charge in [0, 0.05) is 0 Å². The highest BCUT2D eigenvalue weighted by atomic mass is 28.3. The summed E-state index contributed by atoms with van der Waals surface area (Å²) in [5.74, 6) is 0. The van der Waals surface area contributed by atoms with Crippen molar-refractivity contribution >= 4 is 8.07 Å². The molecule has 0 aliphatic rings. The van der Waals surface area contributed by atoms with Gasteiger partial charge >= 0.3 is 0 Å². The van der Waals surface area contributed by atoms with Crippen LogP contribution in [0.15, 0.2) is 0 Å². The van der Waals surface area contributed by atoms with Gasteiger partial charge in [0.2, 0.25) is 0 Å². The first-order valence-electron chi connectivity index (χ1n) is 3.60. The summed E-state index contributed by atoms with van der Waals surface area (Å²) in [6.45, 7) is 15.8. The lowest BCUT2D eigenvalue weighted by atomic mass is 10.2. The van der Waals surface area contributed by atoms with Gasteiger partial charge in [-0.3, -0.25) is 0 Å². The Kier molecular flexibility index (Phi) is 2.51. The Labute approximate surface area is 60.7 Å². The van der Waals surface area contributed by atoms with Crippen molar-refractivity contribution in [1.82, 2.24) is 0 Å². The molecular formula is C8H19Si. The van der Waals surface area contributed by atoms with E-state index in [0.717, 1.165) is 6.04 Å². The molecule has 0 aromatic carbocycles. The van der Waals surface area contributed by atoms with E-state index in [0.29, 0.717) is 5.04 Å². The van der Waals surface area contributed by atoms with E-state index in [2.05, 4.69) is 40.8 Å². The summed E-state index contributed by atoms with van der Waals surface area (Å²) < 4.78 is 0. The highest BCUT2D eigenvalue weighted by molar-refractivity contribution is 6.80. The van der Waals surface area contributed by atoms with Gasteiger partial charge in [0.05, 0.1) is 8.07 Å². The lowest BCUT2D eigenvalue weighted by Crippen LogP contribution is -2.35. The van der Waals surface area contributed by atoms with Crippen LogP contribution in [0.3, 0.4) is 0 Å². The molecule has 0 saturated heterocycles. The highest BCUT2D eigenvalue weighted by Crippen LogP contribution is 2.37. The number of hydrogen-bond acceptors (Lipinski definition) is 0. The molecule has 0 aliphatic heterocycles. The molecule has 0 unspecified atom stereocenters. The predicted octanol–water partition coefficient (Wildman–Crippen LogP) is 3.33. The van der Waals surface area contributed by atoms with Crippen LogP contribution in [-0.4, -0.2) is 8.07 Å². The molecule has 0 fully saturated rings. The Morgan fingerprint density at radius 2 is 1.56 bits per heavy atom. The SMILES string of the molecule is [CH2]C[Si](C)(C)C(C)(C)C. The first-order chi connectivity index (χ1) is 3.81. The Morgan fingerprint density at radius 3 is 1.56 bits per heavy atom. The minimum atomic E-state index is -0.990. The largest absolute Gasteiger partial charge is 0.0690 e. The van der Waals surface area contributed by atoms with Crippen molar-refractivity contribution in [3.8, 4) is 0 Å². The van der Waals surface area contributed by atoms with E-state index in [1.807, 2.05) is 0 Å². The second-order valence-electron chi connectivity index (χ2n) is 4.38. The lowest BCUT2D eigenvalue weighted by molar-refractivity contribution is 0.719. The Balaban J connectivity index is 4.14. The van der Waals surface area contributed by atoms with Crippen molar-refractivity contribution in [2.24, 2.45) is 0 Å².